The first kappa shape index (κ1) is 16.7. The Kier molecular flexibility index (Phi) is 6.69. The molecule has 8 heteroatoms. The number of methoxy groups -OCH3 is 2. The van der Waals surface area contributed by atoms with E-state index in [0.29, 0.717) is 18.9 Å². The quantitative estimate of drug-likeness (QED) is 0.574. The van der Waals surface area contributed by atoms with E-state index in [1.165, 1.54) is 19.2 Å². The fourth-order valence-corrected chi connectivity index (χ4v) is 2.75. The van der Waals surface area contributed by atoms with Gasteiger partial charge in [0.2, 0.25) is 0 Å². The molecule has 0 spiro atoms. The topological polar surface area (TPSA) is 76.7 Å². The van der Waals surface area contributed by atoms with Crippen LogP contribution < -0.4 is 14.8 Å². The van der Waals surface area contributed by atoms with Crippen molar-refractivity contribution in [2.75, 3.05) is 27.4 Å². The van der Waals surface area contributed by atoms with Crippen LogP contribution in [0.4, 0.5) is 0 Å². The first-order valence-electron chi connectivity index (χ1n) is 5.93. The second kappa shape index (κ2) is 8.03. The Morgan fingerprint density at radius 2 is 1.90 bits per heavy atom. The molecule has 0 atom stereocenters. The summed E-state index contributed by atoms with van der Waals surface area (Å²) in [6, 6.07) is 6.05. The van der Waals surface area contributed by atoms with Crippen LogP contribution in [0.2, 0.25) is 0 Å². The molecule has 112 valence electrons. The van der Waals surface area contributed by atoms with Gasteiger partial charge in [-0.1, -0.05) is 0 Å². The van der Waals surface area contributed by atoms with Gasteiger partial charge >= 0.3 is 0 Å². The van der Waals surface area contributed by atoms with E-state index < -0.39 is 10.0 Å². The van der Waals surface area contributed by atoms with E-state index in [9.17, 15) is 8.42 Å². The fraction of sp³-hybridized carbons (Fsp3) is 0.417. The minimum atomic E-state index is -3.67. The lowest BCUT2D eigenvalue weighted by Crippen LogP contribution is -2.39. The van der Waals surface area contributed by atoms with Crippen molar-refractivity contribution in [1.29, 1.82) is 0 Å². The molecule has 0 bridgehead atoms. The minimum Gasteiger partial charge on any atom is -0.497 e. The van der Waals surface area contributed by atoms with Crippen LogP contribution in [0.3, 0.4) is 0 Å². The number of hydrogen-bond acceptors (Lipinski definition) is 5. The van der Waals surface area contributed by atoms with Crippen molar-refractivity contribution in [2.24, 2.45) is 0 Å². The SMILES string of the molecule is COCCCNC(=S)NS(=O)(=O)c1ccc(OC)cc1. The first-order valence-corrected chi connectivity index (χ1v) is 7.82. The molecule has 0 aromatic heterocycles. The summed E-state index contributed by atoms with van der Waals surface area (Å²) >= 11 is 4.93. The fourth-order valence-electron chi connectivity index (χ4n) is 1.39. The Morgan fingerprint density at radius 1 is 1.25 bits per heavy atom. The van der Waals surface area contributed by atoms with E-state index in [-0.39, 0.29) is 10.0 Å². The van der Waals surface area contributed by atoms with Crippen molar-refractivity contribution in [3.8, 4) is 5.75 Å². The van der Waals surface area contributed by atoms with Gasteiger partial charge in [-0.25, -0.2) is 8.42 Å². The third-order valence-electron chi connectivity index (χ3n) is 2.41. The van der Waals surface area contributed by atoms with Crippen LogP contribution in [0.1, 0.15) is 6.42 Å². The molecule has 0 saturated heterocycles. The molecule has 0 unspecified atom stereocenters. The molecule has 1 rings (SSSR count). The molecular weight excluding hydrogens is 300 g/mol. The van der Waals surface area contributed by atoms with Crippen molar-refractivity contribution in [1.82, 2.24) is 10.0 Å². The van der Waals surface area contributed by atoms with Gasteiger partial charge in [0.1, 0.15) is 5.75 Å². The number of rotatable bonds is 7. The monoisotopic (exact) mass is 318 g/mol. The van der Waals surface area contributed by atoms with Crippen molar-refractivity contribution in [3.05, 3.63) is 24.3 Å². The van der Waals surface area contributed by atoms with Crippen LogP contribution in [-0.2, 0) is 14.8 Å². The highest BCUT2D eigenvalue weighted by Crippen LogP contribution is 2.15. The van der Waals surface area contributed by atoms with Gasteiger partial charge in [-0.2, -0.15) is 0 Å². The lowest BCUT2D eigenvalue weighted by molar-refractivity contribution is 0.195. The minimum absolute atomic E-state index is 0.0666. The summed E-state index contributed by atoms with van der Waals surface area (Å²) in [5.74, 6) is 0.587. The van der Waals surface area contributed by atoms with Crippen LogP contribution in [0.25, 0.3) is 0 Å². The van der Waals surface area contributed by atoms with Crippen molar-refractivity contribution in [3.63, 3.8) is 0 Å². The zero-order valence-electron chi connectivity index (χ0n) is 11.4. The van der Waals surface area contributed by atoms with Gasteiger partial charge in [-0.3, -0.25) is 4.72 Å². The van der Waals surface area contributed by atoms with E-state index in [2.05, 4.69) is 10.0 Å². The Bertz CT molecular complexity index is 529. The molecule has 1 aromatic rings. The van der Waals surface area contributed by atoms with Crippen LogP contribution in [0, 0.1) is 0 Å². The maximum absolute atomic E-state index is 12.0. The Morgan fingerprint density at radius 3 is 2.45 bits per heavy atom. The maximum Gasteiger partial charge on any atom is 0.263 e. The molecule has 0 heterocycles. The van der Waals surface area contributed by atoms with Gasteiger partial charge in [-0.15, -0.1) is 0 Å². The van der Waals surface area contributed by atoms with E-state index in [1.807, 2.05) is 0 Å². The third-order valence-corrected chi connectivity index (χ3v) is 4.15. The number of hydrogen-bond donors (Lipinski definition) is 2. The molecular formula is C12H18N2O4S2. The van der Waals surface area contributed by atoms with Gasteiger partial charge < -0.3 is 14.8 Å². The summed E-state index contributed by atoms with van der Waals surface area (Å²) in [5.41, 5.74) is 0. The normalized spacial score (nSPS) is 10.9. The van der Waals surface area contributed by atoms with Crippen LogP contribution in [0.15, 0.2) is 29.2 Å². The summed E-state index contributed by atoms with van der Waals surface area (Å²) < 4.78 is 36.2. The highest BCUT2D eigenvalue weighted by Gasteiger charge is 2.15. The number of ether oxygens (including phenoxy) is 2. The van der Waals surface area contributed by atoms with Gasteiger partial charge in [0.05, 0.1) is 12.0 Å². The van der Waals surface area contributed by atoms with Crippen LogP contribution in [0.5, 0.6) is 5.75 Å². The Balaban J connectivity index is 2.57. The van der Waals surface area contributed by atoms with Crippen LogP contribution in [-0.4, -0.2) is 40.9 Å². The molecule has 0 saturated carbocycles. The average Bonchev–Trinajstić information content (AvgIpc) is 2.43. The second-order valence-electron chi connectivity index (χ2n) is 3.88. The van der Waals surface area contributed by atoms with E-state index in [4.69, 9.17) is 21.7 Å². The van der Waals surface area contributed by atoms with E-state index in [1.54, 1.807) is 19.2 Å². The molecule has 0 aliphatic heterocycles. The average molecular weight is 318 g/mol. The van der Waals surface area contributed by atoms with Gasteiger partial charge in [0.15, 0.2) is 5.11 Å². The number of benzene rings is 1. The molecule has 0 aliphatic rings. The molecule has 20 heavy (non-hydrogen) atoms. The largest absolute Gasteiger partial charge is 0.497 e. The standard InChI is InChI=1S/C12H18N2O4S2/c1-17-9-3-8-13-12(19)14-20(15,16)11-6-4-10(18-2)5-7-11/h4-7H,3,8-9H2,1-2H3,(H2,13,14,19). The molecule has 0 amide bonds. The second-order valence-corrected chi connectivity index (χ2v) is 5.97. The molecule has 0 aliphatic carbocycles. The van der Waals surface area contributed by atoms with Crippen molar-refractivity contribution < 1.29 is 17.9 Å². The lowest BCUT2D eigenvalue weighted by Gasteiger charge is -2.11. The summed E-state index contributed by atoms with van der Waals surface area (Å²) in [7, 11) is -0.551. The lowest BCUT2D eigenvalue weighted by atomic mass is 10.3. The van der Waals surface area contributed by atoms with Gasteiger partial charge in [-0.05, 0) is 42.9 Å². The summed E-state index contributed by atoms with van der Waals surface area (Å²) in [6.45, 7) is 1.12. The third kappa shape index (κ3) is 5.32. The number of nitrogens with one attached hydrogen (secondary N) is 2. The van der Waals surface area contributed by atoms with E-state index >= 15 is 0 Å². The highest BCUT2D eigenvalue weighted by molar-refractivity contribution is 7.91. The van der Waals surface area contributed by atoms with Gasteiger partial charge in [0, 0.05) is 20.3 Å². The molecule has 2 N–H and O–H groups in total. The molecule has 6 nitrogen and oxygen atoms in total. The molecule has 1 aromatic carbocycles. The Hall–Kier alpha value is -1.38. The zero-order chi connectivity index (χ0) is 15.0. The van der Waals surface area contributed by atoms with Crippen LogP contribution >= 0.6 is 12.2 Å². The summed E-state index contributed by atoms with van der Waals surface area (Å²) in [6.07, 6.45) is 0.737. The zero-order valence-corrected chi connectivity index (χ0v) is 13.0. The Labute approximate surface area is 124 Å². The first-order chi connectivity index (χ1) is 9.49. The number of thiocarbonyl (C=S) groups is 1. The van der Waals surface area contributed by atoms with Crippen molar-refractivity contribution >= 4 is 27.4 Å². The predicted octanol–water partition coefficient (Wildman–Crippen LogP) is 0.884. The smallest absolute Gasteiger partial charge is 0.263 e. The van der Waals surface area contributed by atoms with Gasteiger partial charge in [0.25, 0.3) is 10.0 Å². The summed E-state index contributed by atoms with van der Waals surface area (Å²) in [5, 5.41) is 2.87. The highest BCUT2D eigenvalue weighted by atomic mass is 32.2. The predicted molar refractivity (Wildman–Crippen MR) is 80.4 cm³/mol. The molecule has 0 fully saturated rings. The van der Waals surface area contributed by atoms with E-state index in [0.717, 1.165) is 6.42 Å². The maximum atomic E-state index is 12.0. The molecule has 0 radical (unpaired) electrons. The number of sulfonamides is 1. The summed E-state index contributed by atoms with van der Waals surface area (Å²) in [4.78, 5) is 0.124. The van der Waals surface area contributed by atoms with Crippen molar-refractivity contribution in [2.45, 2.75) is 11.3 Å².